The number of urea groups is 1. The normalized spacial score (nSPS) is 17.8. The first-order chi connectivity index (χ1) is 15.3. The number of aryl methyl sites for hydroxylation is 1. The van der Waals surface area contributed by atoms with Crippen LogP contribution >= 0.6 is 11.9 Å². The Morgan fingerprint density at radius 2 is 1.94 bits per heavy atom. The molecule has 10 nitrogen and oxygen atoms in total. The number of rotatable bonds is 5. The molecule has 0 spiro atoms. The van der Waals surface area contributed by atoms with Crippen molar-refractivity contribution in [3.05, 3.63) is 30.9 Å². The van der Waals surface area contributed by atoms with Crippen molar-refractivity contribution in [2.45, 2.75) is 23.5 Å². The molecule has 170 valence electrons. The van der Waals surface area contributed by atoms with Gasteiger partial charge in [0.25, 0.3) is 0 Å². The molecule has 3 aromatic heterocycles. The number of aliphatic hydroxyl groups is 1. The van der Waals surface area contributed by atoms with E-state index in [0.717, 1.165) is 53.4 Å². The molecule has 11 heteroatoms. The van der Waals surface area contributed by atoms with Crippen LogP contribution in [-0.2, 0) is 7.05 Å². The molecule has 0 unspecified atom stereocenters. The Morgan fingerprint density at radius 1 is 1.19 bits per heavy atom. The summed E-state index contributed by atoms with van der Waals surface area (Å²) in [4.78, 5) is 23.8. The van der Waals surface area contributed by atoms with Gasteiger partial charge in [0, 0.05) is 70.2 Å². The van der Waals surface area contributed by atoms with Crippen molar-refractivity contribution in [3.63, 3.8) is 0 Å². The second-order valence-electron chi connectivity index (χ2n) is 8.69. The SMILES string of the molecule is CN(C)C(=O)N1CCN(c2cc(SNC3(O)CC3)cn3c(-c4cnn(C)c4)cnc23)CC1. The van der Waals surface area contributed by atoms with Crippen LogP contribution < -0.4 is 9.62 Å². The Labute approximate surface area is 190 Å². The second kappa shape index (κ2) is 7.98. The van der Waals surface area contributed by atoms with Crippen LogP contribution in [0.4, 0.5) is 10.5 Å². The van der Waals surface area contributed by atoms with Crippen molar-refractivity contribution < 1.29 is 9.90 Å². The molecule has 4 heterocycles. The Bertz CT molecular complexity index is 1140. The predicted molar refractivity (Wildman–Crippen MR) is 123 cm³/mol. The van der Waals surface area contributed by atoms with Crippen LogP contribution in [0.5, 0.6) is 0 Å². The van der Waals surface area contributed by atoms with Crippen molar-refractivity contribution in [1.82, 2.24) is 33.7 Å². The molecule has 1 saturated carbocycles. The lowest BCUT2D eigenvalue weighted by Crippen LogP contribution is -2.51. The van der Waals surface area contributed by atoms with Crippen LogP contribution in [0.2, 0.25) is 0 Å². The lowest BCUT2D eigenvalue weighted by Gasteiger charge is -2.37. The molecule has 1 aliphatic carbocycles. The zero-order chi connectivity index (χ0) is 22.5. The van der Waals surface area contributed by atoms with Gasteiger partial charge in [-0.3, -0.25) is 9.08 Å². The fourth-order valence-electron chi connectivity index (χ4n) is 3.90. The number of hydrogen-bond donors (Lipinski definition) is 2. The topological polar surface area (TPSA) is 94.2 Å². The molecule has 0 aromatic carbocycles. The molecule has 0 radical (unpaired) electrons. The van der Waals surface area contributed by atoms with E-state index in [1.54, 1.807) is 23.7 Å². The number of piperazine rings is 1. The van der Waals surface area contributed by atoms with E-state index < -0.39 is 5.72 Å². The molecule has 1 aliphatic heterocycles. The minimum absolute atomic E-state index is 0.0423. The van der Waals surface area contributed by atoms with Gasteiger partial charge in [-0.1, -0.05) is 0 Å². The van der Waals surface area contributed by atoms with Gasteiger partial charge >= 0.3 is 6.03 Å². The van der Waals surface area contributed by atoms with Gasteiger partial charge in [-0.15, -0.1) is 0 Å². The minimum atomic E-state index is -0.765. The summed E-state index contributed by atoms with van der Waals surface area (Å²) in [5.41, 5.74) is 3.07. The minimum Gasteiger partial charge on any atom is -0.375 e. The zero-order valence-corrected chi connectivity index (χ0v) is 19.3. The summed E-state index contributed by atoms with van der Waals surface area (Å²) in [5, 5.41) is 14.5. The first kappa shape index (κ1) is 21.1. The molecule has 1 saturated heterocycles. The molecular formula is C21H28N8O2S. The third-order valence-corrected chi connectivity index (χ3v) is 6.86. The summed E-state index contributed by atoms with van der Waals surface area (Å²) in [7, 11) is 5.46. The number of imidazole rings is 1. The Morgan fingerprint density at radius 3 is 2.56 bits per heavy atom. The summed E-state index contributed by atoms with van der Waals surface area (Å²) in [6, 6.07) is 2.16. The summed E-state index contributed by atoms with van der Waals surface area (Å²) >= 11 is 1.44. The average molecular weight is 457 g/mol. The zero-order valence-electron chi connectivity index (χ0n) is 18.5. The maximum absolute atomic E-state index is 12.3. The monoisotopic (exact) mass is 456 g/mol. The van der Waals surface area contributed by atoms with E-state index in [-0.39, 0.29) is 6.03 Å². The summed E-state index contributed by atoms with van der Waals surface area (Å²) in [5.74, 6) is 0. The molecular weight excluding hydrogens is 428 g/mol. The highest BCUT2D eigenvalue weighted by molar-refractivity contribution is 7.97. The van der Waals surface area contributed by atoms with Crippen molar-refractivity contribution in [3.8, 4) is 11.3 Å². The third kappa shape index (κ3) is 4.03. The van der Waals surface area contributed by atoms with E-state index >= 15 is 0 Å². The lowest BCUT2D eigenvalue weighted by atomic mass is 10.2. The molecule has 0 atom stereocenters. The van der Waals surface area contributed by atoms with Gasteiger partial charge in [-0.25, -0.2) is 14.5 Å². The number of fused-ring (bicyclic) bond motifs is 1. The van der Waals surface area contributed by atoms with Crippen LogP contribution in [0.25, 0.3) is 16.9 Å². The van der Waals surface area contributed by atoms with E-state index in [9.17, 15) is 9.90 Å². The van der Waals surface area contributed by atoms with Crippen LogP contribution in [0.1, 0.15) is 12.8 Å². The molecule has 2 aliphatic rings. The van der Waals surface area contributed by atoms with Gasteiger partial charge < -0.3 is 19.8 Å². The van der Waals surface area contributed by atoms with Crippen LogP contribution in [-0.4, -0.2) is 86.1 Å². The fourth-order valence-corrected chi connectivity index (χ4v) is 4.74. The molecule has 3 aromatic rings. The van der Waals surface area contributed by atoms with E-state index in [4.69, 9.17) is 4.98 Å². The second-order valence-corrected chi connectivity index (χ2v) is 9.57. The van der Waals surface area contributed by atoms with Crippen molar-refractivity contribution >= 4 is 29.3 Å². The standard InChI is InChI=1S/C21H28N8O2S/c1-25(2)20(30)28-8-6-27(7-9-28)17-10-16(32-24-21(31)4-5-21)14-29-18(12-22-19(17)29)15-11-23-26(3)13-15/h10-14,24,31H,4-9H2,1-3H3. The summed E-state index contributed by atoms with van der Waals surface area (Å²) in [6.45, 7) is 2.79. The van der Waals surface area contributed by atoms with Gasteiger partial charge in [0.05, 0.1) is 23.8 Å². The van der Waals surface area contributed by atoms with E-state index in [0.29, 0.717) is 13.1 Å². The number of nitrogens with one attached hydrogen (secondary N) is 1. The molecule has 2 amide bonds. The average Bonchev–Trinajstić information content (AvgIpc) is 3.16. The highest BCUT2D eigenvalue weighted by Gasteiger charge is 2.40. The number of nitrogens with zero attached hydrogens (tertiary/aromatic N) is 7. The number of carbonyl (C=O) groups excluding carboxylic acids is 1. The predicted octanol–water partition coefficient (Wildman–Crippen LogP) is 1.62. The summed E-state index contributed by atoms with van der Waals surface area (Å²) < 4.78 is 7.04. The van der Waals surface area contributed by atoms with Crippen LogP contribution in [0, 0.1) is 0 Å². The Hall–Kier alpha value is -2.76. The van der Waals surface area contributed by atoms with Crippen molar-refractivity contribution in [1.29, 1.82) is 0 Å². The van der Waals surface area contributed by atoms with Gasteiger partial charge in [0.2, 0.25) is 0 Å². The third-order valence-electron chi connectivity index (χ3n) is 5.92. The van der Waals surface area contributed by atoms with Crippen molar-refractivity contribution in [2.24, 2.45) is 7.05 Å². The molecule has 32 heavy (non-hydrogen) atoms. The van der Waals surface area contributed by atoms with Crippen LogP contribution in [0.3, 0.4) is 0 Å². The van der Waals surface area contributed by atoms with Gasteiger partial charge in [0.15, 0.2) is 5.65 Å². The Balaban J connectivity index is 1.48. The largest absolute Gasteiger partial charge is 0.375 e. The molecule has 2 fully saturated rings. The maximum Gasteiger partial charge on any atom is 0.319 e. The Kier molecular flexibility index (Phi) is 5.26. The molecule has 2 N–H and O–H groups in total. The lowest BCUT2D eigenvalue weighted by molar-refractivity contribution is 0.142. The smallest absolute Gasteiger partial charge is 0.319 e. The molecule has 0 bridgehead atoms. The number of carbonyl (C=O) groups is 1. The van der Waals surface area contributed by atoms with E-state index in [2.05, 4.69) is 25.2 Å². The highest BCUT2D eigenvalue weighted by atomic mass is 32.2. The van der Waals surface area contributed by atoms with Gasteiger partial charge in [0.1, 0.15) is 5.72 Å². The van der Waals surface area contributed by atoms with E-state index in [1.165, 1.54) is 11.9 Å². The number of pyridine rings is 1. The maximum atomic E-state index is 12.3. The van der Waals surface area contributed by atoms with E-state index in [1.807, 2.05) is 36.7 Å². The van der Waals surface area contributed by atoms with Crippen molar-refractivity contribution in [2.75, 3.05) is 45.2 Å². The number of amides is 2. The quantitative estimate of drug-likeness (QED) is 0.445. The number of hydrogen-bond acceptors (Lipinski definition) is 7. The molecule has 5 rings (SSSR count). The fraction of sp³-hybridized carbons (Fsp3) is 0.476. The first-order valence-corrected chi connectivity index (χ1v) is 11.5. The van der Waals surface area contributed by atoms with Crippen LogP contribution in [0.15, 0.2) is 35.7 Å². The summed E-state index contributed by atoms with van der Waals surface area (Å²) in [6.07, 6.45) is 9.26. The van der Waals surface area contributed by atoms with Gasteiger partial charge in [-0.05, 0) is 30.9 Å². The van der Waals surface area contributed by atoms with Gasteiger partial charge in [-0.2, -0.15) is 5.10 Å². The number of aromatic nitrogens is 4. The number of anilines is 1. The highest BCUT2D eigenvalue weighted by Crippen LogP contribution is 2.37. The first-order valence-electron chi connectivity index (χ1n) is 10.7.